The van der Waals surface area contributed by atoms with Crippen molar-refractivity contribution in [2.24, 2.45) is 17.8 Å². The van der Waals surface area contributed by atoms with Crippen LogP contribution in [0, 0.1) is 17.8 Å². The van der Waals surface area contributed by atoms with Crippen molar-refractivity contribution >= 4 is 17.5 Å². The molecule has 8 nitrogen and oxygen atoms in total. The smallest absolute Gasteiger partial charge is 0.251 e. The highest BCUT2D eigenvalue weighted by Gasteiger charge is 2.31. The number of fused-ring (bicyclic) bond motifs is 2. The number of aliphatic hydroxyl groups is 1. The van der Waals surface area contributed by atoms with Gasteiger partial charge in [0.25, 0.3) is 5.91 Å². The summed E-state index contributed by atoms with van der Waals surface area (Å²) >= 11 is 0. The molecule has 3 unspecified atom stereocenters. The van der Waals surface area contributed by atoms with Gasteiger partial charge in [0.05, 0.1) is 18.0 Å². The highest BCUT2D eigenvalue weighted by molar-refractivity contribution is 6.23. The van der Waals surface area contributed by atoms with Crippen molar-refractivity contribution in [3.63, 3.8) is 0 Å². The molecule has 0 aromatic heterocycles. The lowest BCUT2D eigenvalue weighted by molar-refractivity contribution is -0.120. The van der Waals surface area contributed by atoms with Gasteiger partial charge in [0.15, 0.2) is 0 Å². The summed E-state index contributed by atoms with van der Waals surface area (Å²) in [5.41, 5.74) is 1.94. The number of ketones is 2. The standard InChI is InChI=1S/C30H44N2O6/c1-18-13-19(2)15-22(5)29(38-7)26(37-6)10-8-9-21(4)30(36)32-24-17-25(34)27(31-11-12-33)23(28(24)35)16-20(3)14-18/h8-10,15,17-20,26,29,31,33H,11-14,16H2,1-7H3,(H,32,36)/b10-8-,21-9+,22-15+/t18?,19-,20+,26?,29?/m1/s1. The lowest BCUT2D eigenvalue weighted by atomic mass is 9.83. The molecule has 3 N–H and O–H groups in total. The zero-order chi connectivity index (χ0) is 28.4. The van der Waals surface area contributed by atoms with Crippen LogP contribution in [-0.2, 0) is 23.9 Å². The van der Waals surface area contributed by atoms with Gasteiger partial charge in [-0.05, 0) is 56.4 Å². The van der Waals surface area contributed by atoms with E-state index < -0.39 is 11.7 Å². The third-order valence-electron chi connectivity index (χ3n) is 6.96. The van der Waals surface area contributed by atoms with Crippen LogP contribution < -0.4 is 10.6 Å². The maximum atomic E-state index is 13.4. The number of methoxy groups -OCH3 is 2. The Morgan fingerprint density at radius 3 is 2.39 bits per heavy atom. The molecule has 5 atom stereocenters. The van der Waals surface area contributed by atoms with Gasteiger partial charge in [0.1, 0.15) is 12.2 Å². The number of amides is 1. The van der Waals surface area contributed by atoms with Crippen LogP contribution in [0.4, 0.5) is 0 Å². The Morgan fingerprint density at radius 1 is 1.05 bits per heavy atom. The topological polar surface area (TPSA) is 114 Å². The number of allylic oxidation sites excluding steroid dienone is 5. The summed E-state index contributed by atoms with van der Waals surface area (Å²) in [5.74, 6) is -0.457. The van der Waals surface area contributed by atoms with E-state index in [2.05, 4.69) is 37.5 Å². The summed E-state index contributed by atoms with van der Waals surface area (Å²) in [6.07, 6.45) is 10.1. The predicted molar refractivity (Wildman–Crippen MR) is 148 cm³/mol. The van der Waals surface area contributed by atoms with Gasteiger partial charge < -0.3 is 25.2 Å². The van der Waals surface area contributed by atoms with E-state index in [0.717, 1.165) is 24.5 Å². The zero-order valence-corrected chi connectivity index (χ0v) is 23.8. The summed E-state index contributed by atoms with van der Waals surface area (Å²) in [6, 6.07) is 0. The summed E-state index contributed by atoms with van der Waals surface area (Å²) < 4.78 is 11.4. The molecule has 1 aliphatic carbocycles. The Labute approximate surface area is 226 Å². The molecular weight excluding hydrogens is 484 g/mol. The number of nitrogens with one attached hydrogen (secondary N) is 2. The minimum absolute atomic E-state index is 0.0397. The minimum atomic E-state index is -0.477. The van der Waals surface area contributed by atoms with E-state index in [0.29, 0.717) is 29.4 Å². The summed E-state index contributed by atoms with van der Waals surface area (Å²) in [7, 11) is 3.27. The maximum Gasteiger partial charge on any atom is 0.251 e. The van der Waals surface area contributed by atoms with Crippen molar-refractivity contribution in [2.75, 3.05) is 27.4 Å². The van der Waals surface area contributed by atoms with Crippen LogP contribution in [0.2, 0.25) is 0 Å². The van der Waals surface area contributed by atoms with E-state index in [9.17, 15) is 19.5 Å². The molecule has 1 heterocycles. The van der Waals surface area contributed by atoms with Gasteiger partial charge in [0.2, 0.25) is 11.6 Å². The molecule has 38 heavy (non-hydrogen) atoms. The van der Waals surface area contributed by atoms with E-state index in [4.69, 9.17) is 9.47 Å². The molecule has 0 radical (unpaired) electrons. The fraction of sp³-hybridized carbons (Fsp3) is 0.567. The van der Waals surface area contributed by atoms with Crippen LogP contribution in [-0.4, -0.2) is 62.2 Å². The monoisotopic (exact) mass is 528 g/mol. The Morgan fingerprint density at radius 2 is 1.76 bits per heavy atom. The average molecular weight is 529 g/mol. The molecular formula is C30H44N2O6. The Balaban J connectivity index is 2.49. The van der Waals surface area contributed by atoms with Crippen LogP contribution >= 0.6 is 0 Å². The Bertz CT molecular complexity index is 1040. The van der Waals surface area contributed by atoms with Crippen molar-refractivity contribution in [1.29, 1.82) is 0 Å². The van der Waals surface area contributed by atoms with Gasteiger partial charge in [-0.2, -0.15) is 0 Å². The first-order valence-corrected chi connectivity index (χ1v) is 13.3. The molecule has 0 saturated carbocycles. The maximum absolute atomic E-state index is 13.4. The number of hydrogen-bond donors (Lipinski definition) is 3. The first-order valence-electron chi connectivity index (χ1n) is 13.3. The van der Waals surface area contributed by atoms with Crippen LogP contribution in [0.15, 0.2) is 58.5 Å². The predicted octanol–water partition coefficient (Wildman–Crippen LogP) is 3.55. The number of carbonyl (C=O) groups is 3. The van der Waals surface area contributed by atoms with E-state index in [1.54, 1.807) is 33.3 Å². The highest BCUT2D eigenvalue weighted by Crippen LogP contribution is 2.29. The minimum Gasteiger partial charge on any atom is -0.395 e. The second kappa shape index (κ2) is 15.0. The normalized spacial score (nSPS) is 32.1. The Kier molecular flexibility index (Phi) is 12.4. The lowest BCUT2D eigenvalue weighted by Crippen LogP contribution is -2.36. The highest BCUT2D eigenvalue weighted by atomic mass is 16.5. The van der Waals surface area contributed by atoms with E-state index in [1.807, 2.05) is 13.0 Å². The van der Waals surface area contributed by atoms with Crippen molar-refractivity contribution in [2.45, 2.75) is 66.1 Å². The first-order chi connectivity index (χ1) is 18.0. The van der Waals surface area contributed by atoms with Gasteiger partial charge in [-0.3, -0.25) is 14.4 Å². The largest absolute Gasteiger partial charge is 0.395 e. The third-order valence-corrected chi connectivity index (χ3v) is 6.96. The zero-order valence-electron chi connectivity index (χ0n) is 23.8. The third kappa shape index (κ3) is 8.61. The van der Waals surface area contributed by atoms with Crippen molar-refractivity contribution in [3.8, 4) is 0 Å². The van der Waals surface area contributed by atoms with Gasteiger partial charge in [-0.15, -0.1) is 0 Å². The number of hydrogen-bond acceptors (Lipinski definition) is 7. The number of ether oxygens (including phenoxy) is 2. The first kappa shape index (κ1) is 31.4. The van der Waals surface area contributed by atoms with E-state index in [-0.39, 0.29) is 48.5 Å². The second-order valence-electron chi connectivity index (χ2n) is 10.6. The molecule has 8 heteroatoms. The molecule has 2 rings (SSSR count). The molecule has 0 aromatic rings. The molecule has 2 aliphatic rings. The van der Waals surface area contributed by atoms with Crippen LogP contribution in [0.5, 0.6) is 0 Å². The molecule has 0 spiro atoms. The van der Waals surface area contributed by atoms with Crippen LogP contribution in [0.1, 0.15) is 53.9 Å². The molecule has 210 valence electrons. The fourth-order valence-corrected chi connectivity index (χ4v) is 5.31. The summed E-state index contributed by atoms with van der Waals surface area (Å²) in [5, 5.41) is 14.8. The second-order valence-corrected chi connectivity index (χ2v) is 10.6. The molecule has 0 saturated heterocycles. The molecule has 2 bridgehead atoms. The average Bonchev–Trinajstić information content (AvgIpc) is 2.84. The van der Waals surface area contributed by atoms with Crippen molar-refractivity contribution < 1.29 is 29.0 Å². The number of aliphatic hydroxyl groups excluding tert-OH is 1. The van der Waals surface area contributed by atoms with Gasteiger partial charge in [0, 0.05) is 38.0 Å². The van der Waals surface area contributed by atoms with Crippen molar-refractivity contribution in [3.05, 3.63) is 58.5 Å². The summed E-state index contributed by atoms with van der Waals surface area (Å²) in [4.78, 5) is 39.3. The summed E-state index contributed by atoms with van der Waals surface area (Å²) in [6.45, 7) is 10.1. The number of rotatable bonds is 5. The van der Waals surface area contributed by atoms with Gasteiger partial charge in [-0.25, -0.2) is 0 Å². The number of Topliss-reactive ketones (excluding diaryl/α,β-unsaturated/α-hetero) is 1. The lowest BCUT2D eigenvalue weighted by Gasteiger charge is -2.25. The SMILES string of the molecule is COC1/C=C\C=C(/C)C(=O)NC2=CC(=O)C(NCCO)=C(C[C@@H](C)CC(C)C[C@@H](C)/C=C(\C)C1OC)C2=O. The quantitative estimate of drug-likeness (QED) is 0.369. The van der Waals surface area contributed by atoms with E-state index in [1.165, 1.54) is 0 Å². The number of carbonyl (C=O) groups excluding carboxylic acids is 3. The van der Waals surface area contributed by atoms with Gasteiger partial charge >= 0.3 is 0 Å². The molecule has 1 aliphatic heterocycles. The van der Waals surface area contributed by atoms with Crippen molar-refractivity contribution in [1.82, 2.24) is 10.6 Å². The molecule has 0 fully saturated rings. The Hall–Kier alpha value is -2.81. The fourth-order valence-electron chi connectivity index (χ4n) is 5.31. The van der Waals surface area contributed by atoms with E-state index >= 15 is 0 Å². The molecule has 0 aromatic carbocycles. The van der Waals surface area contributed by atoms with Gasteiger partial charge in [-0.1, -0.05) is 45.1 Å². The van der Waals surface area contributed by atoms with Crippen LogP contribution in [0.25, 0.3) is 0 Å². The van der Waals surface area contributed by atoms with Crippen LogP contribution in [0.3, 0.4) is 0 Å². The molecule has 1 amide bonds.